The van der Waals surface area contributed by atoms with Crippen molar-refractivity contribution in [2.45, 2.75) is 350 Å². The molecule has 88 heavy (non-hydrogen) atoms. The van der Waals surface area contributed by atoms with Crippen LogP contribution in [0.2, 0.25) is 0 Å². The Morgan fingerprint density at radius 2 is 0.352 bits per heavy atom. The van der Waals surface area contributed by atoms with Crippen molar-refractivity contribution in [3.05, 3.63) is 36.4 Å². The number of unbranched alkanes of at least 4 members (excludes halogenated alkanes) is 42. The quantitative estimate of drug-likeness (QED) is 0.0216. The molecule has 1 aromatic heterocycles. The zero-order valence-electron chi connectivity index (χ0n) is 58.0. The second-order valence-electron chi connectivity index (χ2n) is 26.3. The van der Waals surface area contributed by atoms with Crippen LogP contribution in [0.3, 0.4) is 0 Å². The number of ether oxygens (including phenoxy) is 6. The molecule has 0 aliphatic carbocycles. The minimum Gasteiger partial charge on any atom is -0.490 e. The van der Waals surface area contributed by atoms with Gasteiger partial charge in [-0.1, -0.05) is 311 Å². The van der Waals surface area contributed by atoms with Crippen molar-refractivity contribution in [3.8, 4) is 34.5 Å². The highest BCUT2D eigenvalue weighted by Gasteiger charge is 2.22. The molecule has 0 spiro atoms. The number of nitrogens with zero attached hydrogens (tertiary/aromatic N) is 2. The summed E-state index contributed by atoms with van der Waals surface area (Å²) in [4.78, 5) is 11.3. The first-order valence-corrected chi connectivity index (χ1v) is 38.1. The summed E-state index contributed by atoms with van der Waals surface area (Å²) in [5.74, 6) is 4.69. The molecular weight excluding hydrogens is 1080 g/mol. The molecule has 8 heteroatoms. The maximum Gasteiger partial charge on any atom is 0.163 e. The van der Waals surface area contributed by atoms with E-state index in [-0.39, 0.29) is 0 Å². The minimum atomic E-state index is 0.645. The van der Waals surface area contributed by atoms with Gasteiger partial charge in [0.05, 0.1) is 61.7 Å². The van der Waals surface area contributed by atoms with E-state index in [4.69, 9.17) is 38.4 Å². The third kappa shape index (κ3) is 29.8. The van der Waals surface area contributed by atoms with Crippen LogP contribution >= 0.6 is 0 Å². The Hall–Kier alpha value is -4.20. The Kier molecular flexibility index (Phi) is 41.9. The van der Waals surface area contributed by atoms with Crippen LogP contribution < -0.4 is 28.4 Å². The number of rotatable bonds is 60. The minimum absolute atomic E-state index is 0.645. The summed E-state index contributed by atoms with van der Waals surface area (Å²) in [6.07, 6.45) is 60.1. The Balaban J connectivity index is 1.60. The van der Waals surface area contributed by atoms with Gasteiger partial charge in [0, 0.05) is 22.9 Å². The van der Waals surface area contributed by atoms with E-state index in [2.05, 4.69) is 77.9 Å². The predicted octanol–water partition coefficient (Wildman–Crippen LogP) is 26.2. The first kappa shape index (κ1) is 74.5. The van der Waals surface area contributed by atoms with Crippen molar-refractivity contribution in [3.63, 3.8) is 0 Å². The van der Waals surface area contributed by atoms with E-state index in [0.717, 1.165) is 117 Å². The lowest BCUT2D eigenvalue weighted by Crippen LogP contribution is -2.05. The molecule has 0 unspecified atom stereocenters. The monoisotopic (exact) mass is 1220 g/mol. The largest absolute Gasteiger partial charge is 0.490 e. The third-order valence-corrected chi connectivity index (χ3v) is 18.2. The van der Waals surface area contributed by atoms with Gasteiger partial charge in [0.2, 0.25) is 0 Å². The van der Waals surface area contributed by atoms with E-state index in [1.165, 1.54) is 270 Å². The normalized spacial score (nSPS) is 11.7. The highest BCUT2D eigenvalue weighted by molar-refractivity contribution is 6.25. The second-order valence-corrected chi connectivity index (χ2v) is 26.3. The van der Waals surface area contributed by atoms with Crippen LogP contribution in [0, 0.1) is 0 Å². The summed E-state index contributed by atoms with van der Waals surface area (Å²) >= 11 is 0. The van der Waals surface area contributed by atoms with E-state index >= 15 is 0 Å². The zero-order chi connectivity index (χ0) is 62.2. The van der Waals surface area contributed by atoms with Crippen LogP contribution in [-0.2, 0) is 0 Å². The summed E-state index contributed by atoms with van der Waals surface area (Å²) in [5.41, 5.74) is 3.27. The smallest absolute Gasteiger partial charge is 0.163 e. The van der Waals surface area contributed by atoms with Gasteiger partial charge < -0.3 is 28.4 Å². The maximum atomic E-state index is 6.89. The number of aromatic nitrogens is 2. The average Bonchev–Trinajstić information content (AvgIpc) is 0.811. The fourth-order valence-electron chi connectivity index (χ4n) is 12.6. The zero-order valence-corrected chi connectivity index (χ0v) is 58.0. The summed E-state index contributed by atoms with van der Waals surface area (Å²) in [6.45, 7) is 17.7. The molecule has 0 saturated heterocycles. The fraction of sp³-hybridized carbons (Fsp3) is 0.750. The lowest BCUT2D eigenvalue weighted by Gasteiger charge is -2.19. The van der Waals surface area contributed by atoms with Crippen molar-refractivity contribution < 1.29 is 28.4 Å². The van der Waals surface area contributed by atoms with E-state index in [1.807, 2.05) is 0 Å². The molecule has 0 saturated carbocycles. The molecule has 0 radical (unpaired) electrons. The maximum absolute atomic E-state index is 6.89. The van der Waals surface area contributed by atoms with Crippen LogP contribution in [-0.4, -0.2) is 49.6 Å². The van der Waals surface area contributed by atoms with E-state index in [9.17, 15) is 0 Å². The van der Waals surface area contributed by atoms with Crippen molar-refractivity contribution in [1.29, 1.82) is 0 Å². The van der Waals surface area contributed by atoms with Crippen molar-refractivity contribution in [2.24, 2.45) is 0 Å². The van der Waals surface area contributed by atoms with Gasteiger partial charge >= 0.3 is 0 Å². The first-order valence-electron chi connectivity index (χ1n) is 38.1. The molecule has 8 nitrogen and oxygen atoms in total. The highest BCUT2D eigenvalue weighted by Crippen LogP contribution is 2.45. The summed E-state index contributed by atoms with van der Waals surface area (Å²) < 4.78 is 41.0. The Bertz CT molecular complexity index is 2350. The van der Waals surface area contributed by atoms with Crippen LogP contribution in [0.25, 0.3) is 43.6 Å². The van der Waals surface area contributed by atoms with Crippen LogP contribution in [0.5, 0.6) is 34.5 Å². The first-order chi connectivity index (χ1) is 43.6. The van der Waals surface area contributed by atoms with E-state index in [1.54, 1.807) is 0 Å². The van der Waals surface area contributed by atoms with Crippen molar-refractivity contribution in [1.82, 2.24) is 9.97 Å². The Morgan fingerprint density at radius 1 is 0.193 bits per heavy atom. The molecule has 0 aliphatic rings. The van der Waals surface area contributed by atoms with Crippen LogP contribution in [0.4, 0.5) is 0 Å². The lowest BCUT2D eigenvalue weighted by atomic mass is 9.97. The van der Waals surface area contributed by atoms with Gasteiger partial charge in [0.15, 0.2) is 34.5 Å². The number of hydrogen-bond acceptors (Lipinski definition) is 8. The molecule has 0 aliphatic heterocycles. The highest BCUT2D eigenvalue weighted by atomic mass is 16.5. The standard InChI is InChI=1S/C80H132N2O6/c1-7-13-19-25-31-37-43-49-55-83-73-61-67-68-62-74(84-56-50-44-38-32-26-20-14-8-2)76(86-58-52-46-40-34-28-22-16-10-4)64-70(68)80-79(69(67)63-75(73)85-57-51-45-39-33-27-21-15-9-3)81-71-65-77(87-59-53-47-41-35-29-23-17-11-5)78(66-72(71)82-80)88-60-54-48-42-36-30-24-18-12-6/h61-66H,7-60H2,1-6H3. The molecular formula is C80H132N2O6. The van der Waals surface area contributed by atoms with Crippen molar-refractivity contribution in [2.75, 3.05) is 39.6 Å². The van der Waals surface area contributed by atoms with Gasteiger partial charge in [-0.2, -0.15) is 0 Å². The predicted molar refractivity (Wildman–Crippen MR) is 381 cm³/mol. The third-order valence-electron chi connectivity index (χ3n) is 18.2. The molecule has 0 amide bonds. The van der Waals surface area contributed by atoms with E-state index in [0.29, 0.717) is 39.6 Å². The topological polar surface area (TPSA) is 81.2 Å². The van der Waals surface area contributed by atoms with Crippen molar-refractivity contribution >= 4 is 43.6 Å². The molecule has 5 aromatic rings. The molecule has 0 atom stereocenters. The lowest BCUT2D eigenvalue weighted by molar-refractivity contribution is 0.258. The molecule has 0 bridgehead atoms. The second kappa shape index (κ2) is 49.5. The Labute approximate surface area is 539 Å². The van der Waals surface area contributed by atoms with Crippen LogP contribution in [0.15, 0.2) is 36.4 Å². The number of hydrogen-bond donors (Lipinski definition) is 0. The van der Waals surface area contributed by atoms with Gasteiger partial charge in [0.1, 0.15) is 0 Å². The van der Waals surface area contributed by atoms with Gasteiger partial charge in [-0.3, -0.25) is 0 Å². The molecule has 0 fully saturated rings. The molecule has 4 aromatic carbocycles. The molecule has 5 rings (SSSR count). The van der Waals surface area contributed by atoms with Gasteiger partial charge in [-0.25, -0.2) is 9.97 Å². The fourth-order valence-corrected chi connectivity index (χ4v) is 12.6. The van der Waals surface area contributed by atoms with Gasteiger partial charge in [-0.15, -0.1) is 0 Å². The molecule has 1 heterocycles. The summed E-state index contributed by atoms with van der Waals surface area (Å²) in [6, 6.07) is 13.2. The van der Waals surface area contributed by atoms with Crippen LogP contribution in [0.1, 0.15) is 350 Å². The SMILES string of the molecule is CCCCCCCCCCOc1cc2nc3c4cc(OCCCCCCCCCC)c(OCCCCCCCCCC)cc4c4cc(OCCCCCCCCCC)c(OCCCCCCCCCC)cc4c3nc2cc1OCCCCCCCCCC. The van der Waals surface area contributed by atoms with E-state index < -0.39 is 0 Å². The molecule has 0 N–H and O–H groups in total. The number of fused-ring (bicyclic) bond motifs is 7. The Morgan fingerprint density at radius 3 is 0.545 bits per heavy atom. The van der Waals surface area contributed by atoms with Gasteiger partial charge in [0.25, 0.3) is 0 Å². The average molecular weight is 1220 g/mol. The number of benzene rings is 4. The molecule has 498 valence electrons. The summed E-state index contributed by atoms with van der Waals surface area (Å²) in [7, 11) is 0. The summed E-state index contributed by atoms with van der Waals surface area (Å²) in [5, 5.41) is 4.12. The van der Waals surface area contributed by atoms with Gasteiger partial charge in [-0.05, 0) is 73.6 Å².